The molecule has 1 aromatic rings. The van der Waals surface area contributed by atoms with E-state index in [4.69, 9.17) is 5.11 Å². The number of rotatable bonds is 4. The first-order valence-electron chi connectivity index (χ1n) is 6.02. The quantitative estimate of drug-likeness (QED) is 0.836. The fourth-order valence-electron chi connectivity index (χ4n) is 1.50. The average Bonchev–Trinajstić information content (AvgIpc) is 2.35. The van der Waals surface area contributed by atoms with Gasteiger partial charge in [0, 0.05) is 12.6 Å². The van der Waals surface area contributed by atoms with E-state index in [1.54, 1.807) is 6.92 Å². The normalized spacial score (nSPS) is 14.0. The number of carbonyl (C=O) groups excluding carboxylic acids is 1. The van der Waals surface area contributed by atoms with Crippen LogP contribution >= 0.6 is 0 Å². The van der Waals surface area contributed by atoms with Crippen molar-refractivity contribution in [3.63, 3.8) is 0 Å². The second-order valence-corrected chi connectivity index (χ2v) is 4.50. The molecule has 1 amide bonds. The zero-order valence-corrected chi connectivity index (χ0v) is 11.2. The van der Waals surface area contributed by atoms with Crippen molar-refractivity contribution in [1.82, 2.24) is 5.32 Å². The summed E-state index contributed by atoms with van der Waals surface area (Å²) >= 11 is 0. The molecular weight excluding hydrogens is 271 g/mol. The Labute approximate surface area is 115 Å². The summed E-state index contributed by atoms with van der Waals surface area (Å²) in [6.07, 6.45) is -3.74. The predicted octanol–water partition coefficient (Wildman–Crippen LogP) is 2.61. The van der Waals surface area contributed by atoms with Crippen LogP contribution < -0.4 is 5.32 Å². The highest BCUT2D eigenvalue weighted by Gasteiger charge is 2.29. The number of aliphatic hydroxyl groups is 1. The molecular formula is C14H16F3NO2. The van der Waals surface area contributed by atoms with Gasteiger partial charge in [-0.15, -0.1) is 0 Å². The lowest BCUT2D eigenvalue weighted by atomic mass is 10.0. The molecule has 1 rings (SSSR count). The molecule has 110 valence electrons. The van der Waals surface area contributed by atoms with Gasteiger partial charge in [-0.2, -0.15) is 13.2 Å². The van der Waals surface area contributed by atoms with Crippen LogP contribution in [0.1, 0.15) is 25.0 Å². The highest BCUT2D eigenvalue weighted by atomic mass is 19.4. The minimum atomic E-state index is -4.37. The first-order valence-corrected chi connectivity index (χ1v) is 6.02. The molecule has 0 saturated heterocycles. The Hall–Kier alpha value is -1.82. The van der Waals surface area contributed by atoms with E-state index in [1.165, 1.54) is 25.1 Å². The minimum Gasteiger partial charge on any atom is -0.392 e. The van der Waals surface area contributed by atoms with Crippen LogP contribution in [0.2, 0.25) is 0 Å². The summed E-state index contributed by atoms with van der Waals surface area (Å²) in [5, 5.41) is 11.5. The number of aliphatic hydroxyl groups excluding tert-OH is 1. The van der Waals surface area contributed by atoms with Crippen molar-refractivity contribution in [2.75, 3.05) is 6.54 Å². The van der Waals surface area contributed by atoms with E-state index in [0.717, 1.165) is 12.1 Å². The van der Waals surface area contributed by atoms with Gasteiger partial charge in [0.2, 0.25) is 5.91 Å². The van der Waals surface area contributed by atoms with E-state index in [0.29, 0.717) is 11.1 Å². The van der Waals surface area contributed by atoms with Crippen LogP contribution in [0.25, 0.3) is 5.57 Å². The van der Waals surface area contributed by atoms with E-state index >= 15 is 0 Å². The van der Waals surface area contributed by atoms with Crippen molar-refractivity contribution < 1.29 is 23.1 Å². The molecule has 1 unspecified atom stereocenters. The van der Waals surface area contributed by atoms with Crippen LogP contribution in [-0.4, -0.2) is 23.7 Å². The van der Waals surface area contributed by atoms with Crippen molar-refractivity contribution in [2.45, 2.75) is 26.1 Å². The van der Waals surface area contributed by atoms with Crippen molar-refractivity contribution in [1.29, 1.82) is 0 Å². The van der Waals surface area contributed by atoms with Gasteiger partial charge in [-0.25, -0.2) is 0 Å². The highest BCUT2D eigenvalue weighted by Crippen LogP contribution is 2.29. The number of allylic oxidation sites excluding steroid dienone is 1. The Morgan fingerprint density at radius 3 is 2.35 bits per heavy atom. The van der Waals surface area contributed by atoms with Gasteiger partial charge in [-0.05, 0) is 37.1 Å². The van der Waals surface area contributed by atoms with E-state index in [2.05, 4.69) is 5.32 Å². The molecule has 0 aliphatic heterocycles. The van der Waals surface area contributed by atoms with Crippen LogP contribution in [0.3, 0.4) is 0 Å². The van der Waals surface area contributed by atoms with Gasteiger partial charge in [0.05, 0.1) is 11.7 Å². The van der Waals surface area contributed by atoms with Gasteiger partial charge in [-0.1, -0.05) is 12.1 Å². The summed E-state index contributed by atoms with van der Waals surface area (Å²) in [6.45, 7) is 3.28. The Morgan fingerprint density at radius 1 is 1.35 bits per heavy atom. The molecule has 0 radical (unpaired) electrons. The van der Waals surface area contributed by atoms with Crippen molar-refractivity contribution >= 4 is 11.5 Å². The standard InChI is InChI=1S/C14H16F3NO2/c1-9(7-13(20)18-8-10(2)19)11-3-5-12(6-4-11)14(15,16)17/h3-7,10,19H,8H2,1-2H3,(H,18,20)/b9-7-. The van der Waals surface area contributed by atoms with Gasteiger partial charge in [0.1, 0.15) is 0 Å². The zero-order chi connectivity index (χ0) is 15.3. The van der Waals surface area contributed by atoms with Gasteiger partial charge in [0.25, 0.3) is 0 Å². The van der Waals surface area contributed by atoms with Crippen molar-refractivity contribution in [3.05, 3.63) is 41.5 Å². The first-order chi connectivity index (χ1) is 9.20. The summed E-state index contributed by atoms with van der Waals surface area (Å²) in [5.74, 6) is -0.400. The number of hydrogen-bond donors (Lipinski definition) is 2. The zero-order valence-electron chi connectivity index (χ0n) is 11.2. The van der Waals surface area contributed by atoms with Gasteiger partial charge >= 0.3 is 6.18 Å². The van der Waals surface area contributed by atoms with E-state index < -0.39 is 23.8 Å². The number of amides is 1. The first kappa shape index (κ1) is 16.2. The highest BCUT2D eigenvalue weighted by molar-refractivity contribution is 5.94. The molecule has 0 saturated carbocycles. The summed E-state index contributed by atoms with van der Waals surface area (Å²) in [4.78, 5) is 11.5. The van der Waals surface area contributed by atoms with Crippen LogP contribution in [-0.2, 0) is 11.0 Å². The minimum absolute atomic E-state index is 0.121. The third kappa shape index (κ3) is 5.05. The largest absolute Gasteiger partial charge is 0.416 e. The lowest BCUT2D eigenvalue weighted by Crippen LogP contribution is -2.29. The van der Waals surface area contributed by atoms with Crippen molar-refractivity contribution in [2.24, 2.45) is 0 Å². The fourth-order valence-corrected chi connectivity index (χ4v) is 1.50. The lowest BCUT2D eigenvalue weighted by Gasteiger charge is -2.08. The molecule has 1 aromatic carbocycles. The molecule has 1 atom stereocenters. The maximum atomic E-state index is 12.4. The summed E-state index contributed by atoms with van der Waals surface area (Å²) in [5.41, 5.74) is 0.347. The van der Waals surface area contributed by atoms with Crippen LogP contribution in [0.4, 0.5) is 13.2 Å². The summed E-state index contributed by atoms with van der Waals surface area (Å²) in [7, 11) is 0. The lowest BCUT2D eigenvalue weighted by molar-refractivity contribution is -0.137. The molecule has 0 spiro atoms. The molecule has 20 heavy (non-hydrogen) atoms. The number of benzene rings is 1. The average molecular weight is 287 g/mol. The third-order valence-corrected chi connectivity index (χ3v) is 2.59. The number of alkyl halides is 3. The Balaban J connectivity index is 2.77. The number of halogens is 3. The third-order valence-electron chi connectivity index (χ3n) is 2.59. The number of nitrogens with one attached hydrogen (secondary N) is 1. The maximum Gasteiger partial charge on any atom is 0.416 e. The second kappa shape index (κ2) is 6.56. The second-order valence-electron chi connectivity index (χ2n) is 4.50. The fraction of sp³-hybridized carbons (Fsp3) is 0.357. The van der Waals surface area contributed by atoms with Crippen LogP contribution in [0, 0.1) is 0 Å². The van der Waals surface area contributed by atoms with E-state index in [1.807, 2.05) is 0 Å². The Morgan fingerprint density at radius 2 is 1.90 bits per heavy atom. The molecule has 0 aromatic heterocycles. The predicted molar refractivity (Wildman–Crippen MR) is 69.8 cm³/mol. The number of hydrogen-bond acceptors (Lipinski definition) is 2. The van der Waals surface area contributed by atoms with Crippen LogP contribution in [0.15, 0.2) is 30.3 Å². The molecule has 2 N–H and O–H groups in total. The SMILES string of the molecule is C/C(=C/C(=O)NCC(C)O)c1ccc(C(F)(F)F)cc1. The summed E-state index contributed by atoms with van der Waals surface area (Å²) < 4.78 is 37.2. The Bertz CT molecular complexity index is 490. The molecule has 0 aliphatic carbocycles. The maximum absolute atomic E-state index is 12.4. The number of carbonyl (C=O) groups is 1. The molecule has 3 nitrogen and oxygen atoms in total. The summed E-state index contributed by atoms with van der Waals surface area (Å²) in [6, 6.07) is 4.58. The molecule has 6 heteroatoms. The Kier molecular flexibility index (Phi) is 5.33. The molecule has 0 heterocycles. The topological polar surface area (TPSA) is 49.3 Å². The molecule has 0 fully saturated rings. The molecule has 0 aliphatic rings. The smallest absolute Gasteiger partial charge is 0.392 e. The monoisotopic (exact) mass is 287 g/mol. The van der Waals surface area contributed by atoms with Gasteiger partial charge < -0.3 is 10.4 Å². The molecule has 0 bridgehead atoms. The van der Waals surface area contributed by atoms with Gasteiger partial charge in [-0.3, -0.25) is 4.79 Å². The van der Waals surface area contributed by atoms with Crippen molar-refractivity contribution in [3.8, 4) is 0 Å². The van der Waals surface area contributed by atoms with E-state index in [-0.39, 0.29) is 6.54 Å². The van der Waals surface area contributed by atoms with Gasteiger partial charge in [0.15, 0.2) is 0 Å². The van der Waals surface area contributed by atoms with E-state index in [9.17, 15) is 18.0 Å². The van der Waals surface area contributed by atoms with Crippen LogP contribution in [0.5, 0.6) is 0 Å².